The second kappa shape index (κ2) is 38.3. The normalized spacial score (nSPS) is 11.5. The van der Waals surface area contributed by atoms with Crippen LogP contribution in [0.3, 0.4) is 0 Å². The van der Waals surface area contributed by atoms with Gasteiger partial charge in [-0.1, -0.05) is 206 Å². The van der Waals surface area contributed by atoms with Gasteiger partial charge in [-0.25, -0.2) is 9.59 Å². The van der Waals surface area contributed by atoms with E-state index >= 15 is 0 Å². The molecule has 0 aromatic carbocycles. The fourth-order valence-electron chi connectivity index (χ4n) is 8.26. The van der Waals surface area contributed by atoms with Crippen molar-refractivity contribution in [2.45, 2.75) is 232 Å². The molecule has 2 rings (SSSR count). The molecule has 0 aliphatic carbocycles. The summed E-state index contributed by atoms with van der Waals surface area (Å²) in [7, 11) is 7.26. The van der Waals surface area contributed by atoms with Crippen LogP contribution in [0.4, 0.5) is 0 Å². The zero-order chi connectivity index (χ0) is 48.0. The van der Waals surface area contributed by atoms with E-state index in [4.69, 9.17) is 19.1 Å². The maximum atomic E-state index is 13.2. The second-order valence-corrected chi connectivity index (χ2v) is 19.2. The molecule has 2 aromatic heterocycles. The van der Waals surface area contributed by atoms with Gasteiger partial charge in [-0.05, 0) is 41.0 Å². The van der Waals surface area contributed by atoms with Gasteiger partial charge >= 0.3 is 11.9 Å². The molecule has 66 heavy (non-hydrogen) atoms. The molecule has 2 aromatic rings. The molecule has 12 heteroatoms. The van der Waals surface area contributed by atoms with Gasteiger partial charge in [-0.3, -0.25) is 9.59 Å². The third-order valence-electron chi connectivity index (χ3n) is 12.1. The molecule has 0 fully saturated rings. The van der Waals surface area contributed by atoms with Gasteiger partial charge in [0.1, 0.15) is 0 Å². The topological polar surface area (TPSA) is 122 Å². The highest BCUT2D eigenvalue weighted by Gasteiger charge is 2.24. The molecule has 0 spiro atoms. The average molecular weight is 927 g/mol. The summed E-state index contributed by atoms with van der Waals surface area (Å²) < 4.78 is 13.9. The smallest absolute Gasteiger partial charge is 0.444 e. The summed E-state index contributed by atoms with van der Waals surface area (Å²) in [6.45, 7) is 5.74. The Hall–Kier alpha value is -3.64. The Morgan fingerprint density at radius 2 is 0.652 bits per heavy atom. The van der Waals surface area contributed by atoms with Crippen LogP contribution in [0.15, 0.2) is 34.1 Å². The summed E-state index contributed by atoms with van der Waals surface area (Å²) >= 11 is 0. The quantitative estimate of drug-likeness (QED) is 0.0470. The molecule has 0 aliphatic rings. The van der Waals surface area contributed by atoms with Crippen LogP contribution in [0, 0.1) is 0 Å². The van der Waals surface area contributed by atoms with Crippen LogP contribution in [-0.4, -0.2) is 72.6 Å². The summed E-state index contributed by atoms with van der Waals surface area (Å²) in [5, 5.41) is 0. The van der Waals surface area contributed by atoms with Gasteiger partial charge < -0.3 is 28.9 Å². The Balaban J connectivity index is 1.81. The number of hydrogen-bond donors (Lipinski definition) is 0. The molecule has 2 heterocycles. The van der Waals surface area contributed by atoms with E-state index in [1.165, 1.54) is 191 Å². The van der Waals surface area contributed by atoms with E-state index in [9.17, 15) is 19.2 Å². The lowest BCUT2D eigenvalue weighted by Gasteiger charge is -2.18. The van der Waals surface area contributed by atoms with Crippen molar-refractivity contribution in [2.24, 2.45) is 0 Å². The number of carbonyl (C=O) groups excluding carboxylic acids is 2. The van der Waals surface area contributed by atoms with Gasteiger partial charge in [-0.2, -0.15) is 9.46 Å². The molecular weight excluding hydrogens is 833 g/mol. The molecule has 0 atom stereocenters. The van der Waals surface area contributed by atoms with Crippen LogP contribution in [0.2, 0.25) is 0 Å². The third-order valence-corrected chi connectivity index (χ3v) is 12.1. The fourth-order valence-corrected chi connectivity index (χ4v) is 8.26. The predicted octanol–water partition coefficient (Wildman–Crippen LogP) is 12.0. The van der Waals surface area contributed by atoms with Crippen LogP contribution in [0.25, 0.3) is 0 Å². The van der Waals surface area contributed by atoms with E-state index in [1.807, 2.05) is 38.0 Å². The number of hydrogen-bond acceptors (Lipinski definition) is 10. The fraction of sp³-hybridized carbons (Fsp3) is 0.778. The van der Waals surface area contributed by atoms with E-state index < -0.39 is 11.9 Å². The largest absolute Gasteiger partial charge is 0.488 e. The maximum Gasteiger partial charge on any atom is 0.444 e. The van der Waals surface area contributed by atoms with Gasteiger partial charge in [0.2, 0.25) is 10.9 Å². The van der Waals surface area contributed by atoms with E-state index in [2.05, 4.69) is 13.8 Å². The first-order chi connectivity index (χ1) is 32.0. The van der Waals surface area contributed by atoms with E-state index in [1.54, 1.807) is 0 Å². The third kappa shape index (κ3) is 28.5. The van der Waals surface area contributed by atoms with E-state index in [0.717, 1.165) is 48.0 Å². The van der Waals surface area contributed by atoms with Gasteiger partial charge in [-0.15, -0.1) is 0 Å². The molecule has 0 saturated heterocycles. The minimum Gasteiger partial charge on any atom is -0.488 e. The lowest BCUT2D eigenvalue weighted by molar-refractivity contribution is -0.168. The zero-order valence-corrected chi connectivity index (χ0v) is 42.8. The first kappa shape index (κ1) is 58.5. The highest BCUT2D eigenvalue weighted by Crippen LogP contribution is 2.17. The molecule has 0 N–H and O–H groups in total. The number of rotatable bonds is 42. The van der Waals surface area contributed by atoms with Crippen molar-refractivity contribution in [3.63, 3.8) is 0 Å². The van der Waals surface area contributed by atoms with Crippen molar-refractivity contribution in [1.82, 2.24) is 19.3 Å². The van der Waals surface area contributed by atoms with E-state index in [-0.39, 0.29) is 35.4 Å². The van der Waals surface area contributed by atoms with Crippen molar-refractivity contribution >= 4 is 11.9 Å². The second-order valence-electron chi connectivity index (χ2n) is 19.2. The molecule has 0 amide bonds. The molecule has 0 bridgehead atoms. The molecule has 0 radical (unpaired) electrons. The lowest BCUT2D eigenvalue weighted by atomic mass is 10.0. The van der Waals surface area contributed by atoms with Gasteiger partial charge in [0.05, 0.1) is 37.0 Å². The lowest BCUT2D eigenvalue weighted by Crippen LogP contribution is -2.37. The molecular formula is C54H94N4O8. The number of carbonyl (C=O) groups is 2. The van der Waals surface area contributed by atoms with Crippen LogP contribution in [0.5, 0.6) is 11.5 Å². The minimum atomic E-state index is -1.31. The number of ether oxygens (including phenoxy) is 2. The van der Waals surface area contributed by atoms with Crippen molar-refractivity contribution < 1.29 is 28.7 Å². The summed E-state index contributed by atoms with van der Waals surface area (Å²) in [6.07, 6.45) is 43.2. The number of aromatic nitrogens is 2. The zero-order valence-electron chi connectivity index (χ0n) is 42.8. The van der Waals surface area contributed by atoms with Crippen molar-refractivity contribution in [3.8, 4) is 11.5 Å². The highest BCUT2D eigenvalue weighted by atomic mass is 16.7. The van der Waals surface area contributed by atoms with Crippen LogP contribution >= 0.6 is 0 Å². The first-order valence-corrected chi connectivity index (χ1v) is 26.6. The highest BCUT2D eigenvalue weighted by molar-refractivity contribution is 6.30. The summed E-state index contributed by atoms with van der Waals surface area (Å²) in [5.74, 6) is -2.57. The van der Waals surface area contributed by atoms with Gasteiger partial charge in [0.15, 0.2) is 11.5 Å². The number of unbranched alkanes of at least 4 members (excludes halogenated alkanes) is 30. The Labute approximate surface area is 400 Å². The molecule has 12 nitrogen and oxygen atoms in total. The number of nitrogens with zero attached hydrogens (tertiary/aromatic N) is 4. The van der Waals surface area contributed by atoms with Crippen LogP contribution in [0.1, 0.15) is 231 Å². The average Bonchev–Trinajstić information content (AvgIpc) is 3.27. The predicted molar refractivity (Wildman–Crippen MR) is 269 cm³/mol. The minimum absolute atomic E-state index is 0.0273. The Kier molecular flexibility index (Phi) is 34.0. The Morgan fingerprint density at radius 3 is 0.894 bits per heavy atom. The van der Waals surface area contributed by atoms with Gasteiger partial charge in [0, 0.05) is 25.2 Å². The van der Waals surface area contributed by atoms with Crippen molar-refractivity contribution in [1.29, 1.82) is 0 Å². The van der Waals surface area contributed by atoms with Crippen molar-refractivity contribution in [3.05, 3.63) is 56.4 Å². The molecule has 0 aliphatic heterocycles. The molecule has 0 saturated carbocycles. The van der Waals surface area contributed by atoms with Crippen molar-refractivity contribution in [2.75, 3.05) is 41.4 Å². The SMILES string of the molecule is CCCCCCCCCCCCCCCCCCOc1cn(OC(=O)C(=O)On2cc(OCCCCCCCCCCCCCCCCCC)c(=O)cc2CN(C)C)c(CN(C)C)cc1=O. The van der Waals surface area contributed by atoms with Crippen LogP contribution in [-0.2, 0) is 22.7 Å². The maximum absolute atomic E-state index is 13.2. The number of pyridine rings is 2. The summed E-state index contributed by atoms with van der Waals surface area (Å²) in [4.78, 5) is 67.1. The van der Waals surface area contributed by atoms with Crippen LogP contribution < -0.4 is 30.0 Å². The van der Waals surface area contributed by atoms with E-state index in [0.29, 0.717) is 24.6 Å². The Morgan fingerprint density at radius 1 is 0.409 bits per heavy atom. The first-order valence-electron chi connectivity index (χ1n) is 26.6. The Bertz CT molecular complexity index is 1550. The standard InChI is InChI=1S/C54H94N4O8/c1-7-9-11-13-15-17-19-21-23-25-27-29-31-33-35-37-39-63-51-45-57(47(41-49(51)59)43-55(3)4)65-53(61)54(62)66-58-46-52(50(60)42-48(58)44-56(5)6)64-40-38-36-34-32-30-28-26-24-22-20-18-16-14-12-10-8-2/h41-42,45-46H,7-40,43-44H2,1-6H3. The van der Waals surface area contributed by atoms with Gasteiger partial charge in [0.25, 0.3) is 0 Å². The summed E-state index contributed by atoms with van der Waals surface area (Å²) in [5.41, 5.74) is 0.0171. The molecule has 378 valence electrons. The molecule has 0 unspecified atom stereocenters. The monoisotopic (exact) mass is 927 g/mol. The summed E-state index contributed by atoms with van der Waals surface area (Å²) in [6, 6.07) is 2.70.